The number of benzene rings is 1. The molecule has 2 N–H and O–H groups in total. The molecule has 2 aliphatic rings. The summed E-state index contributed by atoms with van der Waals surface area (Å²) in [4.78, 5) is 14.8. The SMILES string of the molecule is CCN1CCCC(NC(=O)NC2CCCc3cc(OC(F)F)ccc32)C1. The molecule has 0 aromatic heterocycles. The van der Waals surface area contributed by atoms with Crippen molar-refractivity contribution in [2.24, 2.45) is 0 Å². The summed E-state index contributed by atoms with van der Waals surface area (Å²) in [7, 11) is 0. The van der Waals surface area contributed by atoms with Gasteiger partial charge in [0, 0.05) is 12.6 Å². The molecule has 1 aromatic carbocycles. The normalized spacial score (nSPS) is 23.4. The van der Waals surface area contributed by atoms with Gasteiger partial charge in [0.05, 0.1) is 6.04 Å². The fourth-order valence-corrected chi connectivity index (χ4v) is 3.96. The number of hydrogen-bond donors (Lipinski definition) is 2. The summed E-state index contributed by atoms with van der Waals surface area (Å²) in [6, 6.07) is 4.92. The molecule has 7 heteroatoms. The number of fused-ring (bicyclic) bond motifs is 1. The Morgan fingerprint density at radius 2 is 2.15 bits per heavy atom. The summed E-state index contributed by atoms with van der Waals surface area (Å²) in [5.41, 5.74) is 1.96. The molecule has 1 fully saturated rings. The lowest BCUT2D eigenvalue weighted by Crippen LogP contribution is -2.51. The van der Waals surface area contributed by atoms with Crippen molar-refractivity contribution in [1.82, 2.24) is 15.5 Å². The number of nitrogens with one attached hydrogen (secondary N) is 2. The molecule has 5 nitrogen and oxygen atoms in total. The predicted octanol–water partition coefficient (Wildman–Crippen LogP) is 3.45. The van der Waals surface area contributed by atoms with Crippen LogP contribution in [0, 0.1) is 0 Å². The number of nitrogens with zero attached hydrogens (tertiary/aromatic N) is 1. The third-order valence-corrected chi connectivity index (χ3v) is 5.25. The van der Waals surface area contributed by atoms with Gasteiger partial charge in [-0.1, -0.05) is 13.0 Å². The minimum atomic E-state index is -2.82. The third-order valence-electron chi connectivity index (χ3n) is 5.25. The second kappa shape index (κ2) is 8.66. The van der Waals surface area contributed by atoms with Crippen LogP contribution >= 0.6 is 0 Å². The zero-order valence-corrected chi connectivity index (χ0v) is 15.1. The average molecular weight is 367 g/mol. The summed E-state index contributed by atoms with van der Waals surface area (Å²) >= 11 is 0. The van der Waals surface area contributed by atoms with Gasteiger partial charge in [0.1, 0.15) is 5.75 Å². The van der Waals surface area contributed by atoms with Crippen molar-refractivity contribution in [3.05, 3.63) is 29.3 Å². The zero-order valence-electron chi connectivity index (χ0n) is 15.1. The van der Waals surface area contributed by atoms with Crippen LogP contribution in [0.4, 0.5) is 13.6 Å². The summed E-state index contributed by atoms with van der Waals surface area (Å²) in [5.74, 6) is 0.172. The molecule has 1 heterocycles. The first-order valence-electron chi connectivity index (χ1n) is 9.42. The van der Waals surface area contributed by atoms with E-state index in [1.165, 1.54) is 0 Å². The highest BCUT2D eigenvalue weighted by atomic mass is 19.3. The zero-order chi connectivity index (χ0) is 18.5. The number of amides is 2. The Balaban J connectivity index is 1.59. The first kappa shape index (κ1) is 18.9. The second-order valence-electron chi connectivity index (χ2n) is 7.03. The van der Waals surface area contributed by atoms with Gasteiger partial charge in [-0.15, -0.1) is 0 Å². The van der Waals surface area contributed by atoms with Crippen molar-refractivity contribution in [3.8, 4) is 5.75 Å². The van der Waals surface area contributed by atoms with Gasteiger partial charge in [-0.25, -0.2) is 4.79 Å². The van der Waals surface area contributed by atoms with Crippen LogP contribution in [0.3, 0.4) is 0 Å². The van der Waals surface area contributed by atoms with E-state index in [9.17, 15) is 13.6 Å². The van der Waals surface area contributed by atoms with E-state index in [2.05, 4.69) is 27.2 Å². The van der Waals surface area contributed by atoms with E-state index in [4.69, 9.17) is 0 Å². The number of carbonyl (C=O) groups excluding carboxylic acids is 1. The van der Waals surface area contributed by atoms with Crippen LogP contribution in [0.2, 0.25) is 0 Å². The Morgan fingerprint density at radius 3 is 2.92 bits per heavy atom. The van der Waals surface area contributed by atoms with Gasteiger partial charge in [-0.05, 0) is 68.5 Å². The number of hydrogen-bond acceptors (Lipinski definition) is 3. The maximum Gasteiger partial charge on any atom is 0.387 e. The average Bonchev–Trinajstić information content (AvgIpc) is 2.61. The molecule has 0 bridgehead atoms. The molecule has 144 valence electrons. The molecule has 1 aliphatic heterocycles. The smallest absolute Gasteiger partial charge is 0.387 e. The number of halogens is 2. The number of likely N-dealkylation sites (tertiary alicyclic amines) is 1. The topological polar surface area (TPSA) is 53.6 Å². The third kappa shape index (κ3) is 4.84. The van der Waals surface area contributed by atoms with E-state index in [1.807, 2.05) is 0 Å². The molecule has 26 heavy (non-hydrogen) atoms. The van der Waals surface area contributed by atoms with Gasteiger partial charge >= 0.3 is 12.6 Å². The minimum absolute atomic E-state index is 0.0924. The van der Waals surface area contributed by atoms with E-state index >= 15 is 0 Å². The molecule has 1 saturated heterocycles. The molecular formula is C19H27F2N3O2. The molecular weight excluding hydrogens is 340 g/mol. The molecule has 1 aliphatic carbocycles. The van der Waals surface area contributed by atoms with Gasteiger partial charge in [0.25, 0.3) is 0 Å². The number of aryl methyl sites for hydroxylation is 1. The Kier molecular flexibility index (Phi) is 6.29. The molecule has 0 saturated carbocycles. The monoisotopic (exact) mass is 367 g/mol. The summed E-state index contributed by atoms with van der Waals surface area (Å²) in [5, 5.41) is 6.14. The first-order valence-corrected chi connectivity index (χ1v) is 9.42. The molecule has 2 atom stereocenters. The number of carbonyl (C=O) groups is 1. The number of urea groups is 1. The van der Waals surface area contributed by atoms with Crippen molar-refractivity contribution in [2.75, 3.05) is 19.6 Å². The lowest BCUT2D eigenvalue weighted by molar-refractivity contribution is -0.0499. The Labute approximate surface area is 153 Å². The highest BCUT2D eigenvalue weighted by Crippen LogP contribution is 2.32. The predicted molar refractivity (Wildman–Crippen MR) is 95.6 cm³/mol. The van der Waals surface area contributed by atoms with E-state index in [-0.39, 0.29) is 23.9 Å². The molecule has 0 spiro atoms. The van der Waals surface area contributed by atoms with Gasteiger partial charge in [0.15, 0.2) is 0 Å². The largest absolute Gasteiger partial charge is 0.435 e. The van der Waals surface area contributed by atoms with Crippen LogP contribution in [-0.4, -0.2) is 43.2 Å². The maximum atomic E-state index is 12.4. The standard InChI is InChI=1S/C19H27F2N3O2/c1-2-24-10-4-6-14(12-24)22-19(25)23-17-7-3-5-13-11-15(26-18(20)21)8-9-16(13)17/h8-9,11,14,17-18H,2-7,10,12H2,1H3,(H2,22,23,25). The summed E-state index contributed by atoms with van der Waals surface area (Å²) in [6.07, 6.45) is 4.66. The Bertz CT molecular complexity index is 627. The van der Waals surface area contributed by atoms with E-state index in [1.54, 1.807) is 18.2 Å². The highest BCUT2D eigenvalue weighted by Gasteiger charge is 2.25. The Hall–Kier alpha value is -1.89. The molecule has 2 unspecified atom stereocenters. The number of ether oxygens (including phenoxy) is 1. The quantitative estimate of drug-likeness (QED) is 0.838. The first-order chi connectivity index (χ1) is 12.5. The molecule has 3 rings (SSSR count). The van der Waals surface area contributed by atoms with Gasteiger partial charge in [0.2, 0.25) is 0 Å². The van der Waals surface area contributed by atoms with Crippen LogP contribution in [-0.2, 0) is 6.42 Å². The summed E-state index contributed by atoms with van der Waals surface area (Å²) in [6.45, 7) is 2.29. The van der Waals surface area contributed by atoms with Crippen molar-refractivity contribution >= 4 is 6.03 Å². The lowest BCUT2D eigenvalue weighted by atomic mass is 9.87. The van der Waals surface area contributed by atoms with Gasteiger partial charge < -0.3 is 20.3 Å². The number of piperidine rings is 1. The fourth-order valence-electron chi connectivity index (χ4n) is 3.96. The number of rotatable bonds is 5. The van der Waals surface area contributed by atoms with Crippen LogP contribution in [0.25, 0.3) is 0 Å². The molecule has 1 aromatic rings. The van der Waals surface area contributed by atoms with Crippen LogP contribution in [0.15, 0.2) is 18.2 Å². The van der Waals surface area contributed by atoms with Crippen LogP contribution in [0.5, 0.6) is 5.75 Å². The molecule has 2 amide bonds. The van der Waals surface area contributed by atoms with Crippen molar-refractivity contribution in [1.29, 1.82) is 0 Å². The minimum Gasteiger partial charge on any atom is -0.435 e. The highest BCUT2D eigenvalue weighted by molar-refractivity contribution is 5.75. The van der Waals surface area contributed by atoms with Crippen molar-refractivity contribution < 1.29 is 18.3 Å². The van der Waals surface area contributed by atoms with E-state index in [0.717, 1.165) is 62.9 Å². The van der Waals surface area contributed by atoms with Crippen LogP contribution < -0.4 is 15.4 Å². The molecule has 0 radical (unpaired) electrons. The fraction of sp³-hybridized carbons (Fsp3) is 0.632. The van der Waals surface area contributed by atoms with Crippen molar-refractivity contribution in [3.63, 3.8) is 0 Å². The van der Waals surface area contributed by atoms with Gasteiger partial charge in [-0.2, -0.15) is 8.78 Å². The van der Waals surface area contributed by atoms with Gasteiger partial charge in [-0.3, -0.25) is 0 Å². The number of likely N-dealkylation sites (N-methyl/N-ethyl adjacent to an activating group) is 1. The summed E-state index contributed by atoms with van der Waals surface area (Å²) < 4.78 is 29.3. The number of alkyl halides is 2. The van der Waals surface area contributed by atoms with E-state index < -0.39 is 6.61 Å². The Morgan fingerprint density at radius 1 is 1.31 bits per heavy atom. The lowest BCUT2D eigenvalue weighted by Gasteiger charge is -2.33. The van der Waals surface area contributed by atoms with E-state index in [0.29, 0.717) is 0 Å². The van der Waals surface area contributed by atoms with Crippen LogP contribution in [0.1, 0.15) is 49.8 Å². The second-order valence-corrected chi connectivity index (χ2v) is 7.03. The maximum absolute atomic E-state index is 12.4. The van der Waals surface area contributed by atoms with Crippen molar-refractivity contribution in [2.45, 2.75) is 57.7 Å².